The zero-order chi connectivity index (χ0) is 17.4. The van der Waals surface area contributed by atoms with Crippen LogP contribution in [0, 0.1) is 0 Å². The van der Waals surface area contributed by atoms with Crippen molar-refractivity contribution < 1.29 is 19.5 Å². The Bertz CT molecular complexity index is 597. The molecule has 0 unspecified atom stereocenters. The predicted octanol–water partition coefficient (Wildman–Crippen LogP) is 1.88. The summed E-state index contributed by atoms with van der Waals surface area (Å²) in [7, 11) is 0. The maximum absolute atomic E-state index is 11.9. The molecule has 1 aliphatic rings. The molecule has 0 saturated heterocycles. The number of carbonyl (C=O) groups excluding carboxylic acids is 2. The Labute approximate surface area is 140 Å². The van der Waals surface area contributed by atoms with Crippen molar-refractivity contribution in [3.05, 3.63) is 29.8 Å². The molecular weight excluding hydrogens is 310 g/mol. The highest BCUT2D eigenvalue weighted by Gasteiger charge is 2.15. The monoisotopic (exact) mass is 333 g/mol. The zero-order valence-electron chi connectivity index (χ0n) is 13.5. The molecule has 1 saturated carbocycles. The van der Waals surface area contributed by atoms with E-state index in [9.17, 15) is 14.4 Å². The van der Waals surface area contributed by atoms with Crippen LogP contribution in [-0.2, 0) is 16.0 Å². The molecule has 0 heterocycles. The van der Waals surface area contributed by atoms with Crippen LogP contribution in [0.2, 0.25) is 0 Å². The van der Waals surface area contributed by atoms with E-state index in [4.69, 9.17) is 5.11 Å². The lowest BCUT2D eigenvalue weighted by Crippen LogP contribution is -2.45. The number of anilines is 1. The van der Waals surface area contributed by atoms with Crippen molar-refractivity contribution in [1.82, 2.24) is 10.6 Å². The molecule has 0 bridgehead atoms. The average Bonchev–Trinajstić information content (AvgIpc) is 2.53. The molecule has 1 aliphatic carbocycles. The van der Waals surface area contributed by atoms with Gasteiger partial charge in [0.05, 0.1) is 13.0 Å². The van der Waals surface area contributed by atoms with E-state index in [0.29, 0.717) is 11.3 Å². The normalized spacial score (nSPS) is 14.7. The molecule has 130 valence electrons. The van der Waals surface area contributed by atoms with E-state index < -0.39 is 5.97 Å². The third kappa shape index (κ3) is 6.28. The maximum atomic E-state index is 11.9. The number of aliphatic carboxylic acids is 1. The lowest BCUT2D eigenvalue weighted by Gasteiger charge is -2.22. The molecule has 0 aliphatic heterocycles. The lowest BCUT2D eigenvalue weighted by molar-refractivity contribution is -0.136. The highest BCUT2D eigenvalue weighted by Crippen LogP contribution is 2.17. The zero-order valence-corrected chi connectivity index (χ0v) is 13.5. The second-order valence-electron chi connectivity index (χ2n) is 5.98. The molecule has 2 rings (SSSR count). The van der Waals surface area contributed by atoms with Gasteiger partial charge < -0.3 is 21.1 Å². The fraction of sp³-hybridized carbons (Fsp3) is 0.471. The largest absolute Gasteiger partial charge is 0.481 e. The Balaban J connectivity index is 1.74. The molecule has 1 fully saturated rings. The fourth-order valence-corrected chi connectivity index (χ4v) is 2.78. The summed E-state index contributed by atoms with van der Waals surface area (Å²) >= 11 is 0. The van der Waals surface area contributed by atoms with Crippen LogP contribution in [0.3, 0.4) is 0 Å². The summed E-state index contributed by atoms with van der Waals surface area (Å²) in [4.78, 5) is 34.4. The van der Waals surface area contributed by atoms with Crippen molar-refractivity contribution >= 4 is 23.6 Å². The van der Waals surface area contributed by atoms with Gasteiger partial charge in [0, 0.05) is 11.7 Å². The van der Waals surface area contributed by atoms with Gasteiger partial charge in [-0.15, -0.1) is 0 Å². The summed E-state index contributed by atoms with van der Waals surface area (Å²) in [5.41, 5.74) is 1.11. The molecule has 4 N–H and O–H groups in total. The topological polar surface area (TPSA) is 108 Å². The van der Waals surface area contributed by atoms with Gasteiger partial charge in [-0.2, -0.15) is 0 Å². The molecule has 0 atom stereocenters. The van der Waals surface area contributed by atoms with Crippen LogP contribution >= 0.6 is 0 Å². The second kappa shape index (κ2) is 8.90. The number of rotatable bonds is 6. The number of carboxylic acids is 1. The number of urea groups is 1. The van der Waals surface area contributed by atoms with E-state index in [0.717, 1.165) is 25.7 Å². The Morgan fingerprint density at radius 3 is 2.58 bits per heavy atom. The van der Waals surface area contributed by atoms with E-state index in [1.807, 2.05) is 0 Å². The van der Waals surface area contributed by atoms with Gasteiger partial charge in [-0.05, 0) is 30.5 Å². The molecule has 3 amide bonds. The third-order valence-corrected chi connectivity index (χ3v) is 3.92. The minimum absolute atomic E-state index is 0.105. The van der Waals surface area contributed by atoms with Gasteiger partial charge in [0.1, 0.15) is 0 Å². The molecule has 7 heteroatoms. The summed E-state index contributed by atoms with van der Waals surface area (Å²) in [6, 6.07) is 6.49. The first kappa shape index (κ1) is 17.8. The van der Waals surface area contributed by atoms with Gasteiger partial charge in [-0.1, -0.05) is 31.4 Å². The first-order valence-corrected chi connectivity index (χ1v) is 8.18. The Hall–Kier alpha value is -2.57. The van der Waals surface area contributed by atoms with Gasteiger partial charge >= 0.3 is 12.0 Å². The standard InChI is InChI=1S/C17H23N3O4/c21-15(11-18-17(24)20-13-6-2-1-3-7-13)19-14-8-4-5-12(9-14)10-16(22)23/h4-5,8-9,13H,1-3,6-7,10-11H2,(H,19,21)(H,22,23)(H2,18,20,24). The minimum Gasteiger partial charge on any atom is -0.481 e. The number of nitrogens with one attached hydrogen (secondary N) is 3. The molecule has 0 radical (unpaired) electrons. The second-order valence-corrected chi connectivity index (χ2v) is 5.98. The van der Waals surface area contributed by atoms with E-state index >= 15 is 0 Å². The molecule has 1 aromatic rings. The third-order valence-electron chi connectivity index (χ3n) is 3.92. The van der Waals surface area contributed by atoms with E-state index in [1.54, 1.807) is 24.3 Å². The van der Waals surface area contributed by atoms with Gasteiger partial charge in [-0.3, -0.25) is 9.59 Å². The molecule has 0 aromatic heterocycles. The SMILES string of the molecule is O=C(O)Cc1cccc(NC(=O)CNC(=O)NC2CCCCC2)c1. The van der Waals surface area contributed by atoms with Crippen molar-refractivity contribution in [3.63, 3.8) is 0 Å². The van der Waals surface area contributed by atoms with Gasteiger partial charge in [0.25, 0.3) is 0 Å². The molecule has 0 spiro atoms. The minimum atomic E-state index is -0.931. The van der Waals surface area contributed by atoms with Crippen LogP contribution in [0.4, 0.5) is 10.5 Å². The molecule has 24 heavy (non-hydrogen) atoms. The summed E-state index contributed by atoms with van der Waals surface area (Å²) in [6.45, 7) is -0.137. The van der Waals surface area contributed by atoms with Crippen molar-refractivity contribution in [2.45, 2.75) is 44.6 Å². The number of benzene rings is 1. The van der Waals surface area contributed by atoms with Crippen molar-refractivity contribution in [3.8, 4) is 0 Å². The van der Waals surface area contributed by atoms with E-state index in [2.05, 4.69) is 16.0 Å². The molecule has 7 nitrogen and oxygen atoms in total. The summed E-state index contributed by atoms with van der Waals surface area (Å²) in [5, 5.41) is 16.8. The Morgan fingerprint density at radius 1 is 1.12 bits per heavy atom. The van der Waals surface area contributed by atoms with Crippen LogP contribution in [0.25, 0.3) is 0 Å². The van der Waals surface area contributed by atoms with Gasteiger partial charge in [-0.25, -0.2) is 4.79 Å². The Kier molecular flexibility index (Phi) is 6.60. The maximum Gasteiger partial charge on any atom is 0.315 e. The first-order valence-electron chi connectivity index (χ1n) is 8.18. The summed E-state index contributed by atoms with van der Waals surface area (Å²) < 4.78 is 0. The fourth-order valence-electron chi connectivity index (χ4n) is 2.78. The number of amides is 3. The average molecular weight is 333 g/mol. The number of hydrogen-bond acceptors (Lipinski definition) is 3. The number of carboxylic acid groups (broad SMARTS) is 1. The van der Waals surface area contributed by atoms with Gasteiger partial charge in [0.2, 0.25) is 5.91 Å². The summed E-state index contributed by atoms with van der Waals surface area (Å²) in [5.74, 6) is -1.29. The van der Waals surface area contributed by atoms with E-state index in [1.165, 1.54) is 6.42 Å². The summed E-state index contributed by atoms with van der Waals surface area (Å²) in [6.07, 6.45) is 5.32. The smallest absolute Gasteiger partial charge is 0.315 e. The number of carbonyl (C=O) groups is 3. The van der Waals surface area contributed by atoms with Crippen molar-refractivity contribution in [2.24, 2.45) is 0 Å². The quantitative estimate of drug-likeness (QED) is 0.637. The highest BCUT2D eigenvalue weighted by molar-refractivity contribution is 5.94. The van der Waals surface area contributed by atoms with Crippen molar-refractivity contribution in [1.29, 1.82) is 0 Å². The molecule has 1 aromatic carbocycles. The Morgan fingerprint density at radius 2 is 1.88 bits per heavy atom. The van der Waals surface area contributed by atoms with Crippen LogP contribution in [-0.4, -0.2) is 35.6 Å². The molecular formula is C17H23N3O4. The van der Waals surface area contributed by atoms with Crippen LogP contribution in [0.15, 0.2) is 24.3 Å². The van der Waals surface area contributed by atoms with Crippen LogP contribution < -0.4 is 16.0 Å². The highest BCUT2D eigenvalue weighted by atomic mass is 16.4. The van der Waals surface area contributed by atoms with Crippen LogP contribution in [0.5, 0.6) is 0 Å². The first-order chi connectivity index (χ1) is 11.5. The van der Waals surface area contributed by atoms with E-state index in [-0.39, 0.29) is 30.9 Å². The van der Waals surface area contributed by atoms with Crippen molar-refractivity contribution in [2.75, 3.05) is 11.9 Å². The lowest BCUT2D eigenvalue weighted by atomic mass is 9.96. The van der Waals surface area contributed by atoms with Crippen LogP contribution in [0.1, 0.15) is 37.7 Å². The van der Waals surface area contributed by atoms with Gasteiger partial charge in [0.15, 0.2) is 0 Å². The predicted molar refractivity (Wildman–Crippen MR) is 89.8 cm³/mol. The number of hydrogen-bond donors (Lipinski definition) is 4.